The molecule has 0 aromatic heterocycles. The predicted octanol–water partition coefficient (Wildman–Crippen LogP) is 1.37. The first-order valence-electron chi connectivity index (χ1n) is 5.68. The van der Waals surface area contributed by atoms with Crippen LogP contribution in [-0.2, 0) is 4.74 Å². The lowest BCUT2D eigenvalue weighted by atomic mass is 10.2. The third-order valence-electron chi connectivity index (χ3n) is 2.48. The van der Waals surface area contributed by atoms with Crippen molar-refractivity contribution in [2.45, 2.75) is 25.4 Å². The van der Waals surface area contributed by atoms with Gasteiger partial charge >= 0.3 is 6.18 Å². The molecule has 17 heavy (non-hydrogen) atoms. The molecule has 0 atom stereocenters. The molecule has 0 aromatic carbocycles. The molecule has 2 N–H and O–H groups in total. The second-order valence-corrected chi connectivity index (χ2v) is 3.91. The van der Waals surface area contributed by atoms with Gasteiger partial charge in [0.15, 0.2) is 5.96 Å². The van der Waals surface area contributed by atoms with Crippen molar-refractivity contribution in [3.8, 4) is 0 Å². The van der Waals surface area contributed by atoms with Crippen LogP contribution in [0.15, 0.2) is 4.99 Å². The first-order valence-corrected chi connectivity index (χ1v) is 5.68. The van der Waals surface area contributed by atoms with Crippen LogP contribution in [0.4, 0.5) is 13.2 Å². The molecule has 1 aliphatic rings. The number of nitrogens with zero attached hydrogens (tertiary/aromatic N) is 2. The molecule has 1 fully saturated rings. The molecule has 4 nitrogen and oxygen atoms in total. The second-order valence-electron chi connectivity index (χ2n) is 3.91. The minimum Gasteiger partial charge on any atom is -0.378 e. The highest BCUT2D eigenvalue weighted by atomic mass is 19.4. The fraction of sp³-hybridized carbons (Fsp3) is 0.900. The standard InChI is InChI=1S/C10H18F3N3O/c11-10(12,13)3-1-2-4-15-9(14)16-5-7-17-8-6-16/h1-8H2,(H2,14,15). The van der Waals surface area contributed by atoms with Gasteiger partial charge in [0, 0.05) is 26.1 Å². The lowest BCUT2D eigenvalue weighted by molar-refractivity contribution is -0.135. The Labute approximate surface area is 98.6 Å². The van der Waals surface area contributed by atoms with Gasteiger partial charge in [-0.15, -0.1) is 0 Å². The Balaban J connectivity index is 2.14. The summed E-state index contributed by atoms with van der Waals surface area (Å²) in [6, 6.07) is 0. The van der Waals surface area contributed by atoms with Gasteiger partial charge in [-0.2, -0.15) is 13.2 Å². The Kier molecular flexibility index (Phi) is 5.54. The normalized spacial score (nSPS) is 18.5. The third kappa shape index (κ3) is 6.35. The van der Waals surface area contributed by atoms with E-state index in [0.717, 1.165) is 0 Å². The van der Waals surface area contributed by atoms with Crippen molar-refractivity contribution in [3.63, 3.8) is 0 Å². The summed E-state index contributed by atoms with van der Waals surface area (Å²) in [7, 11) is 0. The van der Waals surface area contributed by atoms with Gasteiger partial charge in [-0.3, -0.25) is 4.99 Å². The first kappa shape index (κ1) is 14.1. The second kappa shape index (κ2) is 6.68. The van der Waals surface area contributed by atoms with E-state index < -0.39 is 12.6 Å². The molecule has 0 amide bonds. The number of aliphatic imine (C=N–C) groups is 1. The quantitative estimate of drug-likeness (QED) is 0.467. The van der Waals surface area contributed by atoms with Gasteiger partial charge in [0.2, 0.25) is 0 Å². The summed E-state index contributed by atoms with van der Waals surface area (Å²) < 4.78 is 40.7. The van der Waals surface area contributed by atoms with Crippen molar-refractivity contribution in [2.75, 3.05) is 32.8 Å². The molecule has 0 aliphatic carbocycles. The highest BCUT2D eigenvalue weighted by molar-refractivity contribution is 5.78. The van der Waals surface area contributed by atoms with E-state index in [1.807, 2.05) is 4.90 Å². The molecule has 1 aliphatic heterocycles. The summed E-state index contributed by atoms with van der Waals surface area (Å²) in [5.41, 5.74) is 5.71. The summed E-state index contributed by atoms with van der Waals surface area (Å²) in [5, 5.41) is 0. The Morgan fingerprint density at radius 1 is 1.24 bits per heavy atom. The van der Waals surface area contributed by atoms with Crippen LogP contribution in [0.1, 0.15) is 19.3 Å². The molecule has 0 unspecified atom stereocenters. The highest BCUT2D eigenvalue weighted by Crippen LogP contribution is 2.21. The van der Waals surface area contributed by atoms with E-state index in [1.54, 1.807) is 0 Å². The Hall–Kier alpha value is -0.980. The average Bonchev–Trinajstić information content (AvgIpc) is 2.28. The molecule has 1 heterocycles. The van der Waals surface area contributed by atoms with Crippen molar-refractivity contribution in [3.05, 3.63) is 0 Å². The minimum absolute atomic E-state index is 0.101. The molecule has 100 valence electrons. The lowest BCUT2D eigenvalue weighted by Gasteiger charge is -2.27. The van der Waals surface area contributed by atoms with Crippen molar-refractivity contribution in [1.82, 2.24) is 4.90 Å². The van der Waals surface area contributed by atoms with Crippen LogP contribution >= 0.6 is 0 Å². The van der Waals surface area contributed by atoms with Gasteiger partial charge in [0.25, 0.3) is 0 Å². The summed E-state index contributed by atoms with van der Waals surface area (Å²) >= 11 is 0. The van der Waals surface area contributed by atoms with Crippen molar-refractivity contribution >= 4 is 5.96 Å². The minimum atomic E-state index is -4.07. The smallest absolute Gasteiger partial charge is 0.378 e. The number of rotatable bonds is 4. The third-order valence-corrected chi connectivity index (χ3v) is 2.48. The molecule has 0 radical (unpaired) electrons. The number of morpholine rings is 1. The zero-order valence-electron chi connectivity index (χ0n) is 9.67. The van der Waals surface area contributed by atoms with E-state index in [0.29, 0.717) is 45.2 Å². The molecule has 7 heteroatoms. The predicted molar refractivity (Wildman–Crippen MR) is 58.8 cm³/mol. The molecule has 0 aromatic rings. The number of alkyl halides is 3. The largest absolute Gasteiger partial charge is 0.389 e. The maximum Gasteiger partial charge on any atom is 0.389 e. The fourth-order valence-electron chi connectivity index (χ4n) is 1.52. The van der Waals surface area contributed by atoms with E-state index in [9.17, 15) is 13.2 Å². The van der Waals surface area contributed by atoms with Gasteiger partial charge < -0.3 is 15.4 Å². The average molecular weight is 253 g/mol. The Bertz CT molecular complexity index is 250. The van der Waals surface area contributed by atoms with Gasteiger partial charge in [-0.05, 0) is 12.8 Å². The molecule has 0 spiro atoms. The molecular weight excluding hydrogens is 235 g/mol. The molecule has 1 saturated heterocycles. The SMILES string of the molecule is NC(=NCCCCC(F)(F)F)N1CCOCC1. The first-order chi connectivity index (χ1) is 7.99. The number of unbranched alkanes of at least 4 members (excludes halogenated alkanes) is 1. The zero-order chi connectivity index (χ0) is 12.7. The van der Waals surface area contributed by atoms with Crippen LogP contribution in [0.3, 0.4) is 0 Å². The highest BCUT2D eigenvalue weighted by Gasteiger charge is 2.25. The van der Waals surface area contributed by atoms with Crippen molar-refractivity contribution in [1.29, 1.82) is 0 Å². The Morgan fingerprint density at radius 2 is 1.88 bits per heavy atom. The van der Waals surface area contributed by atoms with E-state index in [2.05, 4.69) is 4.99 Å². The van der Waals surface area contributed by atoms with Crippen LogP contribution < -0.4 is 5.73 Å². The van der Waals surface area contributed by atoms with E-state index >= 15 is 0 Å². The van der Waals surface area contributed by atoms with Crippen LogP contribution in [0.25, 0.3) is 0 Å². The van der Waals surface area contributed by atoms with Crippen LogP contribution in [-0.4, -0.2) is 49.9 Å². The topological polar surface area (TPSA) is 50.8 Å². The number of hydrogen-bond acceptors (Lipinski definition) is 2. The monoisotopic (exact) mass is 253 g/mol. The van der Waals surface area contributed by atoms with E-state index in [4.69, 9.17) is 10.5 Å². The van der Waals surface area contributed by atoms with Crippen molar-refractivity contribution in [2.24, 2.45) is 10.7 Å². The number of halogens is 3. The fourth-order valence-corrected chi connectivity index (χ4v) is 1.52. The maximum absolute atomic E-state index is 11.8. The lowest BCUT2D eigenvalue weighted by Crippen LogP contribution is -2.44. The van der Waals surface area contributed by atoms with E-state index in [1.165, 1.54) is 0 Å². The zero-order valence-corrected chi connectivity index (χ0v) is 9.67. The summed E-state index contributed by atoms with van der Waals surface area (Å²) in [6.07, 6.45) is -4.31. The van der Waals surface area contributed by atoms with Crippen LogP contribution in [0.5, 0.6) is 0 Å². The molecule has 1 rings (SSSR count). The van der Waals surface area contributed by atoms with Crippen molar-refractivity contribution < 1.29 is 17.9 Å². The maximum atomic E-state index is 11.8. The molecule has 0 bridgehead atoms. The van der Waals surface area contributed by atoms with Gasteiger partial charge in [-0.1, -0.05) is 0 Å². The number of guanidine groups is 1. The van der Waals surface area contributed by atoms with E-state index in [-0.39, 0.29) is 6.42 Å². The molecular formula is C10H18F3N3O. The number of nitrogens with two attached hydrogens (primary N) is 1. The van der Waals surface area contributed by atoms with Gasteiger partial charge in [0.1, 0.15) is 0 Å². The molecule has 0 saturated carbocycles. The van der Waals surface area contributed by atoms with Crippen LogP contribution in [0.2, 0.25) is 0 Å². The number of hydrogen-bond donors (Lipinski definition) is 1. The Morgan fingerprint density at radius 3 is 2.47 bits per heavy atom. The number of ether oxygens (including phenoxy) is 1. The summed E-state index contributed by atoms with van der Waals surface area (Å²) in [4.78, 5) is 5.95. The summed E-state index contributed by atoms with van der Waals surface area (Å²) in [6.45, 7) is 2.96. The summed E-state index contributed by atoms with van der Waals surface area (Å²) in [5.74, 6) is 0.403. The van der Waals surface area contributed by atoms with Gasteiger partial charge in [-0.25, -0.2) is 0 Å². The van der Waals surface area contributed by atoms with Crippen LogP contribution in [0, 0.1) is 0 Å². The van der Waals surface area contributed by atoms with Gasteiger partial charge in [0.05, 0.1) is 13.2 Å².